The van der Waals surface area contributed by atoms with E-state index in [4.69, 9.17) is 28.4 Å². The second-order valence-corrected chi connectivity index (χ2v) is 7.64. The third-order valence-electron chi connectivity index (χ3n) is 5.27. The Kier molecular flexibility index (Phi) is 4.40. The van der Waals surface area contributed by atoms with Crippen LogP contribution in [0.2, 0.25) is 0 Å². The van der Waals surface area contributed by atoms with Crippen LogP contribution in [-0.4, -0.2) is 51.2 Å². The molecule has 1 aromatic rings. The summed E-state index contributed by atoms with van der Waals surface area (Å²) in [6.45, 7) is 7.72. The van der Waals surface area contributed by atoms with Gasteiger partial charge in [-0.3, -0.25) is 0 Å². The third kappa shape index (κ3) is 3.77. The average Bonchev–Trinajstić information content (AvgIpc) is 2.61. The minimum absolute atomic E-state index is 0.00460. The van der Waals surface area contributed by atoms with Crippen molar-refractivity contribution >= 4 is 0 Å². The molecule has 4 aliphatic heterocycles. The van der Waals surface area contributed by atoms with Gasteiger partial charge in [0.2, 0.25) is 0 Å². The zero-order valence-corrected chi connectivity index (χ0v) is 14.9. The summed E-state index contributed by atoms with van der Waals surface area (Å²) in [4.78, 5) is 0. The van der Waals surface area contributed by atoms with Crippen molar-refractivity contribution in [1.29, 1.82) is 0 Å². The van der Waals surface area contributed by atoms with Crippen LogP contribution < -0.4 is 9.47 Å². The zero-order chi connectivity index (χ0) is 17.4. The van der Waals surface area contributed by atoms with Crippen LogP contribution in [0.15, 0.2) is 24.3 Å². The van der Waals surface area contributed by atoms with Crippen LogP contribution in [0.25, 0.3) is 0 Å². The number of hydrogen-bond acceptors (Lipinski definition) is 6. The highest BCUT2D eigenvalue weighted by Gasteiger charge is 2.50. The van der Waals surface area contributed by atoms with Gasteiger partial charge in [-0.1, -0.05) is 0 Å². The van der Waals surface area contributed by atoms with E-state index < -0.39 is 5.97 Å². The normalized spacial score (nSPS) is 36.7. The first-order valence-corrected chi connectivity index (χ1v) is 8.90. The van der Waals surface area contributed by atoms with Gasteiger partial charge in [-0.25, -0.2) is 0 Å². The molecule has 4 aliphatic rings. The maximum absolute atomic E-state index is 5.92. The molecule has 0 N–H and O–H groups in total. The molecule has 6 heteroatoms. The first-order chi connectivity index (χ1) is 12.0. The van der Waals surface area contributed by atoms with Crippen molar-refractivity contribution in [2.75, 3.05) is 39.6 Å². The smallest absolute Gasteiger partial charge is 0.279 e. The number of fused-ring (bicyclic) bond motifs is 3. The molecule has 4 saturated heterocycles. The molecule has 5 rings (SSSR count). The summed E-state index contributed by atoms with van der Waals surface area (Å²) < 4.78 is 34.1. The lowest BCUT2D eigenvalue weighted by atomic mass is 9.90. The molecule has 4 heterocycles. The van der Waals surface area contributed by atoms with E-state index in [-0.39, 0.29) is 11.0 Å². The van der Waals surface area contributed by atoms with Crippen molar-refractivity contribution in [3.63, 3.8) is 0 Å². The van der Waals surface area contributed by atoms with E-state index in [9.17, 15) is 0 Å². The SMILES string of the molecule is CC1(CCOc2ccc(OCC34COC(C)(OC3)OC4)cc2)CCO1. The van der Waals surface area contributed by atoms with E-state index in [1.165, 1.54) is 0 Å². The van der Waals surface area contributed by atoms with Gasteiger partial charge in [-0.15, -0.1) is 0 Å². The highest BCUT2D eigenvalue weighted by Crippen LogP contribution is 2.38. The molecule has 0 amide bonds. The lowest BCUT2D eigenvalue weighted by Gasteiger charge is -2.49. The van der Waals surface area contributed by atoms with Gasteiger partial charge in [0.25, 0.3) is 5.97 Å². The Morgan fingerprint density at radius 1 is 0.880 bits per heavy atom. The Bertz CT molecular complexity index is 570. The number of hydrogen-bond donors (Lipinski definition) is 0. The maximum atomic E-state index is 5.92. The van der Waals surface area contributed by atoms with E-state index in [1.807, 2.05) is 24.3 Å². The van der Waals surface area contributed by atoms with Gasteiger partial charge in [-0.2, -0.15) is 0 Å². The Balaban J connectivity index is 1.23. The third-order valence-corrected chi connectivity index (χ3v) is 5.27. The van der Waals surface area contributed by atoms with Crippen molar-refractivity contribution in [1.82, 2.24) is 0 Å². The van der Waals surface area contributed by atoms with Gasteiger partial charge >= 0.3 is 0 Å². The van der Waals surface area contributed by atoms with E-state index in [0.717, 1.165) is 30.9 Å². The predicted molar refractivity (Wildman–Crippen MR) is 89.7 cm³/mol. The fourth-order valence-electron chi connectivity index (χ4n) is 3.13. The highest BCUT2D eigenvalue weighted by molar-refractivity contribution is 5.31. The van der Waals surface area contributed by atoms with Crippen molar-refractivity contribution in [3.8, 4) is 11.5 Å². The summed E-state index contributed by atoms with van der Waals surface area (Å²) in [6, 6.07) is 7.70. The van der Waals surface area contributed by atoms with Crippen LogP contribution >= 0.6 is 0 Å². The standard InChI is InChI=1S/C19H26O6/c1-17(8-10-22-17)7-9-20-15-3-5-16(6-4-15)21-11-19-12-23-18(2,24-13-19)25-14-19/h3-6H,7-14H2,1-2H3. The Morgan fingerprint density at radius 2 is 1.44 bits per heavy atom. The lowest BCUT2D eigenvalue weighted by molar-refractivity contribution is -0.461. The van der Waals surface area contributed by atoms with E-state index in [1.54, 1.807) is 6.92 Å². The molecule has 138 valence electrons. The molecule has 0 radical (unpaired) electrons. The molecule has 0 spiro atoms. The minimum Gasteiger partial charge on any atom is -0.493 e. The summed E-state index contributed by atoms with van der Waals surface area (Å²) in [6.07, 6.45) is 2.02. The van der Waals surface area contributed by atoms with Crippen LogP contribution in [-0.2, 0) is 18.9 Å². The van der Waals surface area contributed by atoms with E-state index in [2.05, 4.69) is 6.92 Å². The van der Waals surface area contributed by atoms with Crippen molar-refractivity contribution in [2.24, 2.45) is 5.41 Å². The highest BCUT2D eigenvalue weighted by atomic mass is 16.9. The fraction of sp³-hybridized carbons (Fsp3) is 0.684. The van der Waals surface area contributed by atoms with Crippen LogP contribution in [0.5, 0.6) is 11.5 Å². The minimum atomic E-state index is -0.873. The second kappa shape index (κ2) is 6.43. The van der Waals surface area contributed by atoms with Gasteiger partial charge in [0.05, 0.1) is 44.1 Å². The molecule has 6 nitrogen and oxygen atoms in total. The van der Waals surface area contributed by atoms with E-state index in [0.29, 0.717) is 33.0 Å². The summed E-state index contributed by atoms with van der Waals surface area (Å²) in [7, 11) is 0. The average molecular weight is 350 g/mol. The molecular formula is C19H26O6. The molecular weight excluding hydrogens is 324 g/mol. The van der Waals surface area contributed by atoms with Crippen LogP contribution in [0.3, 0.4) is 0 Å². The van der Waals surface area contributed by atoms with Gasteiger partial charge in [0.1, 0.15) is 18.1 Å². The molecule has 0 aromatic heterocycles. The van der Waals surface area contributed by atoms with Crippen LogP contribution in [0.4, 0.5) is 0 Å². The van der Waals surface area contributed by atoms with Crippen LogP contribution in [0.1, 0.15) is 26.7 Å². The largest absolute Gasteiger partial charge is 0.493 e. The van der Waals surface area contributed by atoms with Crippen molar-refractivity contribution in [2.45, 2.75) is 38.3 Å². The number of rotatable bonds is 7. The van der Waals surface area contributed by atoms with Crippen molar-refractivity contribution in [3.05, 3.63) is 24.3 Å². The maximum Gasteiger partial charge on any atom is 0.279 e. The first kappa shape index (κ1) is 17.1. The van der Waals surface area contributed by atoms with Gasteiger partial charge in [0.15, 0.2) is 0 Å². The molecule has 4 fully saturated rings. The monoisotopic (exact) mass is 350 g/mol. The number of benzene rings is 1. The van der Waals surface area contributed by atoms with E-state index >= 15 is 0 Å². The first-order valence-electron chi connectivity index (χ1n) is 8.90. The predicted octanol–water partition coefficient (Wildman–Crippen LogP) is 2.75. The zero-order valence-electron chi connectivity index (χ0n) is 14.9. The quantitative estimate of drug-likeness (QED) is 0.754. The lowest BCUT2D eigenvalue weighted by Crippen LogP contribution is -2.60. The summed E-state index contributed by atoms with van der Waals surface area (Å²) in [5.74, 6) is 0.770. The van der Waals surface area contributed by atoms with Gasteiger partial charge in [0, 0.05) is 13.3 Å². The molecule has 1 unspecified atom stereocenters. The molecule has 25 heavy (non-hydrogen) atoms. The Hall–Kier alpha value is -1.34. The molecule has 0 saturated carbocycles. The summed E-state index contributed by atoms with van der Waals surface area (Å²) in [5.41, 5.74) is -0.226. The topological polar surface area (TPSA) is 55.4 Å². The molecule has 2 bridgehead atoms. The number of ether oxygens (including phenoxy) is 6. The second-order valence-electron chi connectivity index (χ2n) is 7.64. The molecule has 1 atom stereocenters. The van der Waals surface area contributed by atoms with Crippen molar-refractivity contribution < 1.29 is 28.4 Å². The fourth-order valence-corrected chi connectivity index (χ4v) is 3.13. The van der Waals surface area contributed by atoms with Crippen LogP contribution in [0, 0.1) is 5.41 Å². The Labute approximate surface area is 148 Å². The van der Waals surface area contributed by atoms with Gasteiger partial charge in [-0.05, 0) is 37.6 Å². The Morgan fingerprint density at radius 3 is 1.96 bits per heavy atom. The summed E-state index contributed by atoms with van der Waals surface area (Å²) >= 11 is 0. The van der Waals surface area contributed by atoms with Gasteiger partial charge < -0.3 is 28.4 Å². The summed E-state index contributed by atoms with van der Waals surface area (Å²) in [5, 5.41) is 0. The molecule has 0 aliphatic carbocycles. The molecule has 1 aromatic carbocycles.